The second-order valence-electron chi connectivity index (χ2n) is 3.70. The number of benzene rings is 1. The third kappa shape index (κ3) is 2.29. The number of aliphatic hydroxyl groups is 1. The number of para-hydroxylation sites is 1. The summed E-state index contributed by atoms with van der Waals surface area (Å²) in [4.78, 5) is 17.4. The molecular formula is C12H14N2O3. The summed E-state index contributed by atoms with van der Waals surface area (Å²) in [5.74, 6) is -0.659. The number of hydrogen-bond donors (Lipinski definition) is 1. The van der Waals surface area contributed by atoms with Gasteiger partial charge in [0.2, 0.25) is 0 Å². The van der Waals surface area contributed by atoms with E-state index in [9.17, 15) is 9.90 Å². The molecule has 1 atom stereocenters. The van der Waals surface area contributed by atoms with E-state index in [1.807, 2.05) is 17.0 Å². The Morgan fingerprint density at radius 3 is 2.94 bits per heavy atom. The smallest absolute Gasteiger partial charge is 0.339 e. The molecule has 0 fully saturated rings. The van der Waals surface area contributed by atoms with E-state index in [1.165, 1.54) is 7.11 Å². The van der Waals surface area contributed by atoms with Crippen LogP contribution in [0.25, 0.3) is 0 Å². The fourth-order valence-electron chi connectivity index (χ4n) is 1.78. The van der Waals surface area contributed by atoms with Gasteiger partial charge in [0.15, 0.2) is 6.10 Å². The zero-order chi connectivity index (χ0) is 12.3. The van der Waals surface area contributed by atoms with Gasteiger partial charge in [-0.05, 0) is 6.07 Å². The van der Waals surface area contributed by atoms with Crippen molar-refractivity contribution < 1.29 is 14.6 Å². The summed E-state index contributed by atoms with van der Waals surface area (Å²) in [5.41, 5.74) is 1.32. The van der Waals surface area contributed by atoms with Crippen molar-refractivity contribution in [3.05, 3.63) is 29.8 Å². The molecule has 1 aromatic rings. The van der Waals surface area contributed by atoms with Gasteiger partial charge in [0.1, 0.15) is 0 Å². The van der Waals surface area contributed by atoms with Crippen molar-refractivity contribution in [1.29, 1.82) is 0 Å². The van der Waals surface area contributed by atoms with Crippen molar-refractivity contribution in [1.82, 2.24) is 0 Å². The Hall–Kier alpha value is -1.88. The molecule has 1 unspecified atom stereocenters. The van der Waals surface area contributed by atoms with Crippen molar-refractivity contribution in [2.45, 2.75) is 6.10 Å². The Kier molecular flexibility index (Phi) is 3.39. The average Bonchev–Trinajstić information content (AvgIpc) is 2.90. The van der Waals surface area contributed by atoms with Gasteiger partial charge < -0.3 is 14.7 Å². The number of methoxy groups -OCH3 is 1. The first kappa shape index (κ1) is 11.6. The van der Waals surface area contributed by atoms with Crippen molar-refractivity contribution in [3.8, 4) is 0 Å². The van der Waals surface area contributed by atoms with Crippen LogP contribution < -0.4 is 4.90 Å². The number of anilines is 1. The molecule has 1 aliphatic heterocycles. The lowest BCUT2D eigenvalue weighted by molar-refractivity contribution is -0.150. The summed E-state index contributed by atoms with van der Waals surface area (Å²) in [7, 11) is 1.26. The van der Waals surface area contributed by atoms with Crippen molar-refractivity contribution >= 4 is 18.0 Å². The Labute approximate surface area is 99.3 Å². The number of hydrogen-bond acceptors (Lipinski definition) is 5. The molecule has 0 bridgehead atoms. The van der Waals surface area contributed by atoms with Crippen LogP contribution in [0, 0.1) is 0 Å². The summed E-state index contributed by atoms with van der Waals surface area (Å²) in [6.45, 7) is 1.48. The first-order chi connectivity index (χ1) is 8.24. The lowest BCUT2D eigenvalue weighted by Gasteiger charge is -2.20. The minimum Gasteiger partial charge on any atom is -0.467 e. The second-order valence-corrected chi connectivity index (χ2v) is 3.70. The van der Waals surface area contributed by atoms with Crippen LogP contribution in [-0.4, -0.2) is 37.6 Å². The molecule has 5 heteroatoms. The van der Waals surface area contributed by atoms with Crippen molar-refractivity contribution in [2.75, 3.05) is 25.1 Å². The topological polar surface area (TPSA) is 62.1 Å². The summed E-state index contributed by atoms with van der Waals surface area (Å²) in [5, 5.41) is 9.88. The quantitative estimate of drug-likeness (QED) is 0.784. The van der Waals surface area contributed by atoms with Crippen molar-refractivity contribution in [3.63, 3.8) is 0 Å². The highest BCUT2D eigenvalue weighted by molar-refractivity contribution is 5.86. The Bertz CT molecular complexity index is 445. The van der Waals surface area contributed by atoms with Crippen LogP contribution >= 0.6 is 0 Å². The van der Waals surface area contributed by atoms with Crippen LogP contribution in [0.3, 0.4) is 0 Å². The van der Waals surface area contributed by atoms with E-state index in [-0.39, 0.29) is 0 Å². The van der Waals surface area contributed by atoms with E-state index >= 15 is 0 Å². The van der Waals surface area contributed by atoms with E-state index in [0.29, 0.717) is 5.56 Å². The molecule has 0 saturated carbocycles. The molecule has 2 rings (SSSR count). The first-order valence-electron chi connectivity index (χ1n) is 5.35. The zero-order valence-electron chi connectivity index (χ0n) is 9.54. The van der Waals surface area contributed by atoms with Crippen LogP contribution in [0.4, 0.5) is 5.69 Å². The number of carbonyl (C=O) groups is 1. The number of esters is 1. The maximum absolute atomic E-state index is 11.4. The summed E-state index contributed by atoms with van der Waals surface area (Å²) in [6, 6.07) is 7.19. The average molecular weight is 234 g/mol. The molecular weight excluding hydrogens is 220 g/mol. The highest BCUT2D eigenvalue weighted by Crippen LogP contribution is 2.27. The molecule has 0 aliphatic carbocycles. The predicted molar refractivity (Wildman–Crippen MR) is 64.1 cm³/mol. The monoisotopic (exact) mass is 234 g/mol. The standard InChI is InChI=1S/C12H14N2O3/c1-17-12(16)11(15)9-4-2-3-5-10(9)14-7-6-13-8-14/h2-5,8,11,15H,6-7H2,1H3. The zero-order valence-corrected chi connectivity index (χ0v) is 9.54. The molecule has 1 aliphatic rings. The Balaban J connectivity index is 2.33. The first-order valence-corrected chi connectivity index (χ1v) is 5.35. The fourth-order valence-corrected chi connectivity index (χ4v) is 1.78. The highest BCUT2D eigenvalue weighted by Gasteiger charge is 2.23. The number of ether oxygens (including phenoxy) is 1. The van der Waals surface area contributed by atoms with Crippen LogP contribution in [0.15, 0.2) is 29.3 Å². The SMILES string of the molecule is COC(=O)C(O)c1ccccc1N1C=NCC1. The largest absolute Gasteiger partial charge is 0.467 e. The predicted octanol–water partition coefficient (Wildman–Crippen LogP) is 0.741. The number of rotatable bonds is 3. The molecule has 0 spiro atoms. The Morgan fingerprint density at radius 1 is 1.53 bits per heavy atom. The lowest BCUT2D eigenvalue weighted by atomic mass is 10.1. The highest BCUT2D eigenvalue weighted by atomic mass is 16.5. The minimum atomic E-state index is -1.26. The maximum atomic E-state index is 11.4. The summed E-state index contributed by atoms with van der Waals surface area (Å²) < 4.78 is 4.54. The van der Waals surface area contributed by atoms with Crippen LogP contribution in [0.2, 0.25) is 0 Å². The van der Waals surface area contributed by atoms with E-state index in [1.54, 1.807) is 18.5 Å². The molecule has 0 saturated heterocycles. The number of aliphatic imine (C=N–C) groups is 1. The third-order valence-electron chi connectivity index (χ3n) is 2.66. The van der Waals surface area contributed by atoms with Crippen LogP contribution in [0.5, 0.6) is 0 Å². The molecule has 90 valence electrons. The minimum absolute atomic E-state index is 0.535. The summed E-state index contributed by atoms with van der Waals surface area (Å²) in [6.07, 6.45) is 0.452. The van der Waals surface area contributed by atoms with Crippen LogP contribution in [0.1, 0.15) is 11.7 Å². The van der Waals surface area contributed by atoms with E-state index in [0.717, 1.165) is 18.8 Å². The maximum Gasteiger partial charge on any atom is 0.339 e. The Morgan fingerprint density at radius 2 is 2.29 bits per heavy atom. The molecule has 0 aromatic heterocycles. The molecule has 0 radical (unpaired) electrons. The van der Waals surface area contributed by atoms with E-state index in [2.05, 4.69) is 9.73 Å². The van der Waals surface area contributed by atoms with Gasteiger partial charge in [0, 0.05) is 17.8 Å². The molecule has 1 aromatic carbocycles. The van der Waals surface area contributed by atoms with Gasteiger partial charge in [-0.25, -0.2) is 4.79 Å². The number of nitrogens with zero attached hydrogens (tertiary/aromatic N) is 2. The normalized spacial score (nSPS) is 16.0. The summed E-state index contributed by atoms with van der Waals surface area (Å²) >= 11 is 0. The van der Waals surface area contributed by atoms with Gasteiger partial charge in [0.05, 0.1) is 20.0 Å². The van der Waals surface area contributed by atoms with Crippen molar-refractivity contribution in [2.24, 2.45) is 4.99 Å². The van der Waals surface area contributed by atoms with E-state index < -0.39 is 12.1 Å². The molecule has 17 heavy (non-hydrogen) atoms. The number of carbonyl (C=O) groups excluding carboxylic acids is 1. The molecule has 1 heterocycles. The van der Waals surface area contributed by atoms with Gasteiger partial charge in [-0.3, -0.25) is 4.99 Å². The number of aliphatic hydroxyl groups excluding tert-OH is 1. The third-order valence-corrected chi connectivity index (χ3v) is 2.66. The van der Waals surface area contributed by atoms with Crippen LogP contribution in [-0.2, 0) is 9.53 Å². The van der Waals surface area contributed by atoms with Gasteiger partial charge >= 0.3 is 5.97 Å². The van der Waals surface area contributed by atoms with E-state index in [4.69, 9.17) is 0 Å². The molecule has 5 nitrogen and oxygen atoms in total. The van der Waals surface area contributed by atoms with Gasteiger partial charge in [0.25, 0.3) is 0 Å². The fraction of sp³-hybridized carbons (Fsp3) is 0.333. The van der Waals surface area contributed by atoms with Gasteiger partial charge in [-0.1, -0.05) is 18.2 Å². The lowest BCUT2D eigenvalue weighted by Crippen LogP contribution is -2.22. The van der Waals surface area contributed by atoms with Gasteiger partial charge in [-0.15, -0.1) is 0 Å². The molecule has 0 amide bonds. The second kappa shape index (κ2) is 4.97. The molecule has 1 N–H and O–H groups in total. The van der Waals surface area contributed by atoms with Gasteiger partial charge in [-0.2, -0.15) is 0 Å².